The highest BCUT2D eigenvalue weighted by Gasteiger charge is 2.22. The average molecular weight is 241 g/mol. The number of benzene rings is 1. The summed E-state index contributed by atoms with van der Waals surface area (Å²) in [5.41, 5.74) is 7.03. The third kappa shape index (κ3) is 3.78. The molecule has 0 bridgehead atoms. The Morgan fingerprint density at radius 2 is 1.81 bits per heavy atom. The van der Waals surface area contributed by atoms with Gasteiger partial charge in [0.25, 0.3) is 0 Å². The Hall–Kier alpha value is -0.570. The lowest BCUT2D eigenvalue weighted by molar-refractivity contribution is 0.140. The van der Waals surface area contributed by atoms with E-state index >= 15 is 0 Å². The van der Waals surface area contributed by atoms with Gasteiger partial charge in [0.1, 0.15) is 0 Å². The molecule has 0 saturated heterocycles. The van der Waals surface area contributed by atoms with Gasteiger partial charge in [0.15, 0.2) is 0 Å². The van der Waals surface area contributed by atoms with Crippen molar-refractivity contribution >= 4 is 11.6 Å². The Morgan fingerprint density at radius 3 is 2.31 bits per heavy atom. The molecule has 0 unspecified atom stereocenters. The molecule has 0 radical (unpaired) electrons. The Balaban J connectivity index is 2.63. The molecule has 1 rings (SSSR count). The highest BCUT2D eigenvalue weighted by Crippen LogP contribution is 2.19. The second-order valence-corrected chi connectivity index (χ2v) is 5.27. The summed E-state index contributed by atoms with van der Waals surface area (Å²) in [6.07, 6.45) is 0.997. The van der Waals surface area contributed by atoms with E-state index in [1.54, 1.807) is 0 Å². The van der Waals surface area contributed by atoms with Crippen molar-refractivity contribution in [3.05, 3.63) is 34.9 Å². The van der Waals surface area contributed by atoms with Gasteiger partial charge in [-0.25, -0.2) is 0 Å². The largest absolute Gasteiger partial charge is 0.330 e. The summed E-state index contributed by atoms with van der Waals surface area (Å²) in [4.78, 5) is 2.32. The van der Waals surface area contributed by atoms with E-state index in [0.29, 0.717) is 0 Å². The van der Waals surface area contributed by atoms with Crippen LogP contribution in [-0.2, 0) is 6.54 Å². The van der Waals surface area contributed by atoms with Gasteiger partial charge < -0.3 is 5.73 Å². The standard InChI is InChI=1S/C13H21ClN2/c1-13(2,8-9-15)16(3)10-11-4-6-12(14)7-5-11/h4-7H,8-10,15H2,1-3H3. The van der Waals surface area contributed by atoms with Crippen molar-refractivity contribution in [3.8, 4) is 0 Å². The molecule has 1 aromatic carbocycles. The second-order valence-electron chi connectivity index (χ2n) is 4.83. The number of nitrogens with two attached hydrogens (primary N) is 1. The minimum absolute atomic E-state index is 0.133. The Bertz CT molecular complexity index is 319. The van der Waals surface area contributed by atoms with E-state index in [1.165, 1.54) is 5.56 Å². The van der Waals surface area contributed by atoms with Crippen molar-refractivity contribution in [1.82, 2.24) is 4.90 Å². The van der Waals surface area contributed by atoms with E-state index in [-0.39, 0.29) is 5.54 Å². The smallest absolute Gasteiger partial charge is 0.0406 e. The molecule has 0 amide bonds. The Morgan fingerprint density at radius 1 is 1.25 bits per heavy atom. The van der Waals surface area contributed by atoms with Gasteiger partial charge in [-0.15, -0.1) is 0 Å². The highest BCUT2D eigenvalue weighted by atomic mass is 35.5. The lowest BCUT2D eigenvalue weighted by Gasteiger charge is -2.35. The van der Waals surface area contributed by atoms with Crippen LogP contribution >= 0.6 is 11.6 Å². The zero-order valence-corrected chi connectivity index (χ0v) is 11.1. The third-order valence-corrected chi connectivity index (χ3v) is 3.37. The van der Waals surface area contributed by atoms with E-state index in [4.69, 9.17) is 17.3 Å². The number of hydrogen-bond acceptors (Lipinski definition) is 2. The minimum atomic E-state index is 0.133. The van der Waals surface area contributed by atoms with Crippen molar-refractivity contribution in [2.45, 2.75) is 32.4 Å². The monoisotopic (exact) mass is 240 g/mol. The zero-order valence-electron chi connectivity index (χ0n) is 10.3. The van der Waals surface area contributed by atoms with Crippen LogP contribution in [0.5, 0.6) is 0 Å². The quantitative estimate of drug-likeness (QED) is 0.858. The molecule has 0 aliphatic heterocycles. The Kier molecular flexibility index (Phi) is 4.78. The summed E-state index contributed by atoms with van der Waals surface area (Å²) >= 11 is 5.86. The number of nitrogens with zero attached hydrogens (tertiary/aromatic N) is 1. The number of halogens is 1. The van der Waals surface area contributed by atoms with Crippen LogP contribution in [0.1, 0.15) is 25.8 Å². The maximum Gasteiger partial charge on any atom is 0.0406 e. The van der Waals surface area contributed by atoms with Crippen LogP contribution in [0.2, 0.25) is 5.02 Å². The zero-order chi connectivity index (χ0) is 12.2. The van der Waals surface area contributed by atoms with Crippen molar-refractivity contribution in [3.63, 3.8) is 0 Å². The van der Waals surface area contributed by atoms with Crippen LogP contribution in [0.4, 0.5) is 0 Å². The van der Waals surface area contributed by atoms with E-state index in [9.17, 15) is 0 Å². The molecule has 16 heavy (non-hydrogen) atoms. The van der Waals surface area contributed by atoms with Crippen LogP contribution in [0.15, 0.2) is 24.3 Å². The molecule has 90 valence electrons. The van der Waals surface area contributed by atoms with Gasteiger partial charge in [0, 0.05) is 17.1 Å². The van der Waals surface area contributed by atoms with Crippen molar-refractivity contribution in [1.29, 1.82) is 0 Å². The van der Waals surface area contributed by atoms with Gasteiger partial charge in [0.2, 0.25) is 0 Å². The van der Waals surface area contributed by atoms with Crippen molar-refractivity contribution in [2.24, 2.45) is 5.73 Å². The minimum Gasteiger partial charge on any atom is -0.330 e. The van der Waals surface area contributed by atoms with E-state index in [0.717, 1.165) is 24.5 Å². The summed E-state index contributed by atoms with van der Waals surface area (Å²) in [5, 5.41) is 0.785. The van der Waals surface area contributed by atoms with Gasteiger partial charge in [-0.3, -0.25) is 4.90 Å². The van der Waals surface area contributed by atoms with Crippen molar-refractivity contribution < 1.29 is 0 Å². The lowest BCUT2D eigenvalue weighted by atomic mass is 9.98. The first kappa shape index (κ1) is 13.5. The molecule has 1 aromatic rings. The predicted molar refractivity (Wildman–Crippen MR) is 70.7 cm³/mol. The summed E-state index contributed by atoms with van der Waals surface area (Å²) in [6, 6.07) is 8.00. The first-order valence-electron chi connectivity index (χ1n) is 5.61. The molecule has 0 heterocycles. The molecular weight excluding hydrogens is 220 g/mol. The number of rotatable bonds is 5. The van der Waals surface area contributed by atoms with E-state index < -0.39 is 0 Å². The first-order valence-corrected chi connectivity index (χ1v) is 5.99. The molecule has 0 aromatic heterocycles. The topological polar surface area (TPSA) is 29.3 Å². The molecule has 0 spiro atoms. The fourth-order valence-electron chi connectivity index (χ4n) is 1.62. The summed E-state index contributed by atoms with van der Waals surface area (Å²) in [7, 11) is 2.13. The maximum absolute atomic E-state index is 5.86. The van der Waals surface area contributed by atoms with Gasteiger partial charge in [0.05, 0.1) is 0 Å². The highest BCUT2D eigenvalue weighted by molar-refractivity contribution is 6.30. The molecule has 0 aliphatic carbocycles. The SMILES string of the molecule is CN(Cc1ccc(Cl)cc1)C(C)(C)CCN. The van der Waals surface area contributed by atoms with Gasteiger partial charge in [-0.05, 0) is 51.6 Å². The van der Waals surface area contributed by atoms with E-state index in [2.05, 4.69) is 37.9 Å². The molecule has 0 saturated carbocycles. The molecule has 3 heteroatoms. The van der Waals surface area contributed by atoms with E-state index in [1.807, 2.05) is 12.1 Å². The fourth-order valence-corrected chi connectivity index (χ4v) is 1.75. The van der Waals surface area contributed by atoms with Gasteiger partial charge in [-0.2, -0.15) is 0 Å². The molecule has 2 nitrogen and oxygen atoms in total. The van der Waals surface area contributed by atoms with Crippen LogP contribution in [0, 0.1) is 0 Å². The maximum atomic E-state index is 5.86. The second kappa shape index (κ2) is 5.67. The Labute approximate surface area is 103 Å². The molecule has 0 fully saturated rings. The fraction of sp³-hybridized carbons (Fsp3) is 0.538. The predicted octanol–water partition coefficient (Wildman–Crippen LogP) is 2.90. The van der Waals surface area contributed by atoms with Gasteiger partial charge >= 0.3 is 0 Å². The average Bonchev–Trinajstić information content (AvgIpc) is 2.21. The summed E-state index contributed by atoms with van der Waals surface area (Å²) in [6.45, 7) is 6.08. The van der Waals surface area contributed by atoms with Crippen LogP contribution in [0.3, 0.4) is 0 Å². The first-order chi connectivity index (χ1) is 7.45. The lowest BCUT2D eigenvalue weighted by Crippen LogP contribution is -2.42. The normalized spacial score (nSPS) is 12.1. The summed E-state index contributed by atoms with van der Waals surface area (Å²) < 4.78 is 0. The molecule has 0 atom stereocenters. The molecular formula is C13H21ClN2. The van der Waals surface area contributed by atoms with Gasteiger partial charge in [-0.1, -0.05) is 23.7 Å². The van der Waals surface area contributed by atoms with Crippen LogP contribution in [-0.4, -0.2) is 24.0 Å². The summed E-state index contributed by atoms with van der Waals surface area (Å²) in [5.74, 6) is 0. The number of hydrogen-bond donors (Lipinski definition) is 1. The third-order valence-electron chi connectivity index (χ3n) is 3.12. The molecule has 0 aliphatic rings. The van der Waals surface area contributed by atoms with Crippen LogP contribution < -0.4 is 5.73 Å². The van der Waals surface area contributed by atoms with Crippen molar-refractivity contribution in [2.75, 3.05) is 13.6 Å². The molecule has 2 N–H and O–H groups in total. The van der Waals surface area contributed by atoms with Crippen LogP contribution in [0.25, 0.3) is 0 Å².